The summed E-state index contributed by atoms with van der Waals surface area (Å²) >= 11 is 0. The van der Waals surface area contributed by atoms with E-state index in [0.717, 1.165) is 12.8 Å². The molecule has 4 rings (SSSR count). The van der Waals surface area contributed by atoms with Crippen molar-refractivity contribution in [3.8, 4) is 0 Å². The largest absolute Gasteiger partial charge is 0.462 e. The van der Waals surface area contributed by atoms with Gasteiger partial charge >= 0.3 is 0 Å². The highest BCUT2D eigenvalue weighted by atomic mass is 16.3. The van der Waals surface area contributed by atoms with Crippen molar-refractivity contribution in [2.24, 2.45) is 0 Å². The lowest BCUT2D eigenvalue weighted by Crippen LogP contribution is -2.43. The number of nitrogens with one attached hydrogen (secondary N) is 2. The molecule has 6 nitrogen and oxygen atoms in total. The molecule has 2 saturated heterocycles. The van der Waals surface area contributed by atoms with Gasteiger partial charge in [0.1, 0.15) is 12.0 Å². The van der Waals surface area contributed by atoms with Gasteiger partial charge in [-0.15, -0.1) is 0 Å². The fraction of sp³-hybridized carbons (Fsp3) is 0.438. The Morgan fingerprint density at radius 2 is 2.27 bits per heavy atom. The van der Waals surface area contributed by atoms with Gasteiger partial charge in [0.2, 0.25) is 0 Å². The lowest BCUT2D eigenvalue weighted by Gasteiger charge is -2.21. The molecule has 0 unspecified atom stereocenters. The van der Waals surface area contributed by atoms with E-state index in [0.29, 0.717) is 34.3 Å². The first-order valence-electron chi connectivity index (χ1n) is 7.57. The molecule has 2 bridgehead atoms. The molecule has 0 aliphatic carbocycles. The number of ketones is 1. The molecule has 22 heavy (non-hydrogen) atoms. The molecule has 6 heteroatoms. The van der Waals surface area contributed by atoms with Gasteiger partial charge in [0, 0.05) is 23.5 Å². The van der Waals surface area contributed by atoms with E-state index in [2.05, 4.69) is 15.6 Å². The van der Waals surface area contributed by atoms with Crippen molar-refractivity contribution in [2.75, 3.05) is 0 Å². The number of Topliss-reactive ketones (excluding diaryl/α,β-unsaturated/α-hetero) is 1. The van der Waals surface area contributed by atoms with E-state index in [-0.39, 0.29) is 17.7 Å². The Bertz CT molecular complexity index is 767. The maximum Gasteiger partial charge on any atom is 0.270 e. The number of carbonyl (C=O) groups excluding carboxylic acids is 2. The number of aromatic nitrogens is 1. The number of carbonyl (C=O) groups is 2. The highest BCUT2D eigenvalue weighted by Gasteiger charge is 2.39. The molecule has 2 fully saturated rings. The first-order chi connectivity index (χ1) is 10.6. The van der Waals surface area contributed by atoms with Crippen LogP contribution in [0.2, 0.25) is 0 Å². The van der Waals surface area contributed by atoms with Gasteiger partial charge in [-0.2, -0.15) is 0 Å². The van der Waals surface area contributed by atoms with E-state index < -0.39 is 0 Å². The van der Waals surface area contributed by atoms with Crippen LogP contribution < -0.4 is 10.6 Å². The minimum atomic E-state index is -0.197. The topological polar surface area (TPSA) is 84.2 Å². The molecular formula is C16H17N3O3. The minimum Gasteiger partial charge on any atom is -0.462 e. The second kappa shape index (κ2) is 4.91. The lowest BCUT2D eigenvalue weighted by molar-refractivity contribution is 0.0925. The molecule has 2 aromatic heterocycles. The number of rotatable bonds is 3. The fourth-order valence-corrected chi connectivity index (χ4v) is 3.56. The second-order valence-corrected chi connectivity index (χ2v) is 6.13. The molecule has 1 amide bonds. The highest BCUT2D eigenvalue weighted by Crippen LogP contribution is 2.28. The Hall–Kier alpha value is -2.21. The normalized spacial score (nSPS) is 26.5. The number of furan rings is 1. The lowest BCUT2D eigenvalue weighted by atomic mass is 9.95. The fourth-order valence-electron chi connectivity index (χ4n) is 3.56. The molecule has 0 spiro atoms. The Morgan fingerprint density at radius 1 is 1.41 bits per heavy atom. The van der Waals surface area contributed by atoms with Crippen molar-refractivity contribution in [1.82, 2.24) is 15.6 Å². The van der Waals surface area contributed by atoms with Crippen LogP contribution in [0.5, 0.6) is 0 Å². The zero-order chi connectivity index (χ0) is 15.3. The third kappa shape index (κ3) is 2.11. The maximum atomic E-state index is 12.4. The quantitative estimate of drug-likeness (QED) is 0.842. The third-order valence-corrected chi connectivity index (χ3v) is 4.69. The minimum absolute atomic E-state index is 0.0892. The van der Waals surface area contributed by atoms with E-state index in [4.69, 9.17) is 4.42 Å². The molecule has 3 atom stereocenters. The van der Waals surface area contributed by atoms with Crippen LogP contribution in [0.1, 0.15) is 47.0 Å². The standard InChI is InChI=1S/C16H17N3O3/c1-8(20)11-7-22-15-6-17-14(5-10(11)15)16(21)19-13-4-9-2-3-12(13)18-9/h5-7,9,12-13,18H,2-4H2,1H3,(H,19,21)/t9-,12+,13-/m1/s1. The summed E-state index contributed by atoms with van der Waals surface area (Å²) in [6, 6.07) is 2.70. The van der Waals surface area contributed by atoms with Gasteiger partial charge in [-0.1, -0.05) is 0 Å². The van der Waals surface area contributed by atoms with Crippen molar-refractivity contribution < 1.29 is 14.0 Å². The van der Waals surface area contributed by atoms with Gasteiger partial charge in [-0.05, 0) is 32.3 Å². The third-order valence-electron chi connectivity index (χ3n) is 4.69. The zero-order valence-corrected chi connectivity index (χ0v) is 12.3. The van der Waals surface area contributed by atoms with Crippen LogP contribution in [0.3, 0.4) is 0 Å². The summed E-state index contributed by atoms with van der Waals surface area (Å²) in [6.45, 7) is 1.48. The average Bonchev–Trinajstić information content (AvgIpc) is 3.20. The SMILES string of the molecule is CC(=O)c1coc2cnc(C(=O)N[C@@H]3C[C@H]4CC[C@@H]3N4)cc12. The molecule has 0 radical (unpaired) electrons. The summed E-state index contributed by atoms with van der Waals surface area (Å²) in [4.78, 5) is 28.1. The molecule has 2 aliphatic rings. The van der Waals surface area contributed by atoms with E-state index in [1.807, 2.05) is 0 Å². The average molecular weight is 299 g/mol. The van der Waals surface area contributed by atoms with Crippen LogP contribution in [0.25, 0.3) is 11.0 Å². The first-order valence-corrected chi connectivity index (χ1v) is 7.57. The van der Waals surface area contributed by atoms with Crippen LogP contribution in [0.4, 0.5) is 0 Å². The van der Waals surface area contributed by atoms with Gasteiger partial charge in [-0.3, -0.25) is 9.59 Å². The Kier molecular flexibility index (Phi) is 3.00. The zero-order valence-electron chi connectivity index (χ0n) is 12.3. The Labute approximate surface area is 127 Å². The van der Waals surface area contributed by atoms with Crippen molar-refractivity contribution in [3.63, 3.8) is 0 Å². The van der Waals surface area contributed by atoms with Crippen LogP contribution >= 0.6 is 0 Å². The van der Waals surface area contributed by atoms with Crippen molar-refractivity contribution >= 4 is 22.7 Å². The summed E-state index contributed by atoms with van der Waals surface area (Å²) in [7, 11) is 0. The van der Waals surface area contributed by atoms with Gasteiger partial charge < -0.3 is 15.1 Å². The van der Waals surface area contributed by atoms with E-state index in [9.17, 15) is 9.59 Å². The molecule has 0 aromatic carbocycles. The van der Waals surface area contributed by atoms with Gasteiger partial charge in [0.15, 0.2) is 11.4 Å². The van der Waals surface area contributed by atoms with Crippen LogP contribution in [-0.2, 0) is 0 Å². The van der Waals surface area contributed by atoms with Crippen molar-refractivity contribution in [3.05, 3.63) is 29.8 Å². The number of hydrogen-bond acceptors (Lipinski definition) is 5. The number of amides is 1. The first kappa shape index (κ1) is 13.5. The molecule has 2 aliphatic heterocycles. The highest BCUT2D eigenvalue weighted by molar-refractivity contribution is 6.07. The number of pyridine rings is 1. The molecule has 2 aromatic rings. The Morgan fingerprint density at radius 3 is 2.95 bits per heavy atom. The Balaban J connectivity index is 1.59. The van der Waals surface area contributed by atoms with Crippen molar-refractivity contribution in [2.45, 2.75) is 44.3 Å². The summed E-state index contributed by atoms with van der Waals surface area (Å²) < 4.78 is 5.29. The maximum absolute atomic E-state index is 12.4. The van der Waals surface area contributed by atoms with E-state index in [1.54, 1.807) is 6.07 Å². The van der Waals surface area contributed by atoms with E-state index >= 15 is 0 Å². The number of hydrogen-bond donors (Lipinski definition) is 2. The summed E-state index contributed by atoms with van der Waals surface area (Å²) in [5.41, 5.74) is 1.32. The second-order valence-electron chi connectivity index (χ2n) is 6.13. The number of nitrogens with zero attached hydrogens (tertiary/aromatic N) is 1. The van der Waals surface area contributed by atoms with Crippen LogP contribution in [0, 0.1) is 0 Å². The summed E-state index contributed by atoms with van der Waals surface area (Å²) in [6.07, 6.45) is 6.19. The molecule has 4 heterocycles. The van der Waals surface area contributed by atoms with Crippen molar-refractivity contribution in [1.29, 1.82) is 0 Å². The predicted octanol–water partition coefficient (Wildman–Crippen LogP) is 1.65. The molecule has 2 N–H and O–H groups in total. The predicted molar refractivity (Wildman–Crippen MR) is 79.8 cm³/mol. The molecule has 114 valence electrons. The summed E-state index contributed by atoms with van der Waals surface area (Å²) in [5, 5.41) is 7.18. The van der Waals surface area contributed by atoms with Crippen LogP contribution in [0.15, 0.2) is 22.9 Å². The smallest absolute Gasteiger partial charge is 0.270 e. The molecular weight excluding hydrogens is 282 g/mol. The van der Waals surface area contributed by atoms with Crippen LogP contribution in [-0.4, -0.2) is 34.8 Å². The summed E-state index contributed by atoms with van der Waals surface area (Å²) in [5.74, 6) is -0.287. The number of fused-ring (bicyclic) bond motifs is 3. The van der Waals surface area contributed by atoms with Gasteiger partial charge in [0.25, 0.3) is 5.91 Å². The van der Waals surface area contributed by atoms with Gasteiger partial charge in [0.05, 0.1) is 11.8 Å². The van der Waals surface area contributed by atoms with Gasteiger partial charge in [-0.25, -0.2) is 4.98 Å². The molecule has 0 saturated carbocycles. The monoisotopic (exact) mass is 299 g/mol. The van der Waals surface area contributed by atoms with E-state index in [1.165, 1.54) is 25.8 Å².